The van der Waals surface area contributed by atoms with E-state index in [4.69, 9.17) is 29.6 Å². The van der Waals surface area contributed by atoms with Crippen LogP contribution in [0.4, 0.5) is 11.4 Å². The van der Waals surface area contributed by atoms with E-state index in [2.05, 4.69) is 0 Å². The lowest BCUT2D eigenvalue weighted by Crippen LogP contribution is -2.31. The minimum atomic E-state index is 0.268. The van der Waals surface area contributed by atoms with Crippen molar-refractivity contribution in [3.63, 3.8) is 0 Å². The quantitative estimate of drug-likeness (QED) is 0.837. The Labute approximate surface area is 111 Å². The molecule has 86 valence electrons. The lowest BCUT2D eigenvalue weighted by Gasteiger charge is -2.23. The Hall–Kier alpha value is -1.58. The van der Waals surface area contributed by atoms with Gasteiger partial charge >= 0.3 is 0 Å². The van der Waals surface area contributed by atoms with Crippen molar-refractivity contribution in [2.24, 2.45) is 5.73 Å². The monoisotopic (exact) mass is 262 g/mol. The zero-order valence-electron chi connectivity index (χ0n) is 9.01. The van der Waals surface area contributed by atoms with Gasteiger partial charge in [-0.15, -0.1) is 0 Å². The SMILES string of the molecule is NC(=S)N(c1ccccc1)c1ccccc1Cl. The summed E-state index contributed by atoms with van der Waals surface area (Å²) in [6.45, 7) is 0. The van der Waals surface area contributed by atoms with Crippen molar-refractivity contribution in [1.82, 2.24) is 0 Å². The standard InChI is InChI=1S/C13H11ClN2S/c14-11-8-4-5-9-12(11)16(13(15)17)10-6-2-1-3-7-10/h1-9H,(H2,15,17). The van der Waals surface area contributed by atoms with Crippen LogP contribution in [0.25, 0.3) is 0 Å². The Kier molecular flexibility index (Phi) is 3.61. The summed E-state index contributed by atoms with van der Waals surface area (Å²) >= 11 is 11.2. The molecule has 0 unspecified atom stereocenters. The van der Waals surface area contributed by atoms with Crippen molar-refractivity contribution in [3.05, 3.63) is 59.6 Å². The van der Waals surface area contributed by atoms with Crippen LogP contribution in [0.5, 0.6) is 0 Å². The van der Waals surface area contributed by atoms with Gasteiger partial charge in [0.2, 0.25) is 0 Å². The van der Waals surface area contributed by atoms with Crippen LogP contribution < -0.4 is 10.6 Å². The maximum absolute atomic E-state index is 6.16. The summed E-state index contributed by atoms with van der Waals surface area (Å²) in [4.78, 5) is 1.75. The van der Waals surface area contributed by atoms with Gasteiger partial charge in [-0.05, 0) is 36.5 Å². The molecule has 4 heteroatoms. The van der Waals surface area contributed by atoms with Gasteiger partial charge < -0.3 is 5.73 Å². The summed E-state index contributed by atoms with van der Waals surface area (Å²) in [7, 11) is 0. The van der Waals surface area contributed by atoms with Gasteiger partial charge in [-0.25, -0.2) is 0 Å². The topological polar surface area (TPSA) is 29.3 Å². The summed E-state index contributed by atoms with van der Waals surface area (Å²) in [6.07, 6.45) is 0. The fourth-order valence-corrected chi connectivity index (χ4v) is 2.02. The predicted molar refractivity (Wildman–Crippen MR) is 76.8 cm³/mol. The van der Waals surface area contributed by atoms with Crippen molar-refractivity contribution in [2.75, 3.05) is 4.90 Å². The highest BCUT2D eigenvalue weighted by Gasteiger charge is 2.14. The number of anilines is 2. The molecule has 0 bridgehead atoms. The second-order valence-corrected chi connectivity index (χ2v) is 4.29. The first kappa shape index (κ1) is 11.9. The minimum Gasteiger partial charge on any atom is -0.376 e. The number of rotatable bonds is 2. The van der Waals surface area contributed by atoms with Gasteiger partial charge in [0, 0.05) is 5.69 Å². The van der Waals surface area contributed by atoms with Gasteiger partial charge in [0.15, 0.2) is 5.11 Å². The Balaban J connectivity index is 2.51. The number of hydrogen-bond donors (Lipinski definition) is 1. The summed E-state index contributed by atoms with van der Waals surface area (Å²) < 4.78 is 0. The number of halogens is 1. The Morgan fingerprint density at radius 1 is 1.00 bits per heavy atom. The Bertz CT molecular complexity index is 528. The highest BCUT2D eigenvalue weighted by atomic mass is 35.5. The van der Waals surface area contributed by atoms with E-state index in [9.17, 15) is 0 Å². The molecule has 2 N–H and O–H groups in total. The summed E-state index contributed by atoms with van der Waals surface area (Å²) in [5.74, 6) is 0. The molecule has 0 aliphatic carbocycles. The molecule has 0 aromatic heterocycles. The van der Waals surface area contributed by atoms with Crippen molar-refractivity contribution < 1.29 is 0 Å². The van der Waals surface area contributed by atoms with E-state index < -0.39 is 0 Å². The lowest BCUT2D eigenvalue weighted by molar-refractivity contribution is 1.34. The van der Waals surface area contributed by atoms with Crippen LogP contribution in [0.15, 0.2) is 54.6 Å². The molecule has 0 radical (unpaired) electrons. The number of hydrogen-bond acceptors (Lipinski definition) is 1. The maximum atomic E-state index is 6.16. The zero-order valence-corrected chi connectivity index (χ0v) is 10.6. The van der Waals surface area contributed by atoms with Crippen LogP contribution in [0.1, 0.15) is 0 Å². The summed E-state index contributed by atoms with van der Waals surface area (Å²) in [5.41, 5.74) is 7.45. The minimum absolute atomic E-state index is 0.268. The summed E-state index contributed by atoms with van der Waals surface area (Å²) in [6, 6.07) is 17.1. The first-order valence-electron chi connectivity index (χ1n) is 5.09. The average Bonchev–Trinajstić information content (AvgIpc) is 2.33. The Morgan fingerprint density at radius 3 is 2.18 bits per heavy atom. The lowest BCUT2D eigenvalue weighted by atomic mass is 10.2. The molecule has 0 aliphatic rings. The molecule has 17 heavy (non-hydrogen) atoms. The fourth-order valence-electron chi connectivity index (χ4n) is 1.60. The van der Waals surface area contributed by atoms with Crippen LogP contribution in [-0.4, -0.2) is 5.11 Å². The van der Waals surface area contributed by atoms with Crippen molar-refractivity contribution in [3.8, 4) is 0 Å². The van der Waals surface area contributed by atoms with Crippen molar-refractivity contribution in [1.29, 1.82) is 0 Å². The second kappa shape index (κ2) is 5.17. The van der Waals surface area contributed by atoms with Gasteiger partial charge in [-0.2, -0.15) is 0 Å². The number of thiocarbonyl (C=S) groups is 1. The van der Waals surface area contributed by atoms with Crippen LogP contribution in [-0.2, 0) is 0 Å². The van der Waals surface area contributed by atoms with E-state index in [-0.39, 0.29) is 5.11 Å². The van der Waals surface area contributed by atoms with Gasteiger partial charge in [-0.1, -0.05) is 41.9 Å². The maximum Gasteiger partial charge on any atom is 0.175 e. The van der Waals surface area contributed by atoms with E-state index >= 15 is 0 Å². The van der Waals surface area contributed by atoms with Gasteiger partial charge in [0.25, 0.3) is 0 Å². The average molecular weight is 263 g/mol. The third-order valence-corrected chi connectivity index (χ3v) is 2.83. The van der Waals surface area contributed by atoms with E-state index in [1.807, 2.05) is 54.6 Å². The van der Waals surface area contributed by atoms with Crippen LogP contribution >= 0.6 is 23.8 Å². The number of benzene rings is 2. The molecule has 0 saturated carbocycles. The largest absolute Gasteiger partial charge is 0.376 e. The highest BCUT2D eigenvalue weighted by molar-refractivity contribution is 7.80. The second-order valence-electron chi connectivity index (χ2n) is 3.46. The molecular formula is C13H11ClN2S. The van der Waals surface area contributed by atoms with E-state index in [1.165, 1.54) is 0 Å². The molecule has 2 rings (SSSR count). The third kappa shape index (κ3) is 2.57. The first-order chi connectivity index (χ1) is 8.20. The van der Waals surface area contributed by atoms with Gasteiger partial charge in [-0.3, -0.25) is 4.90 Å². The van der Waals surface area contributed by atoms with Crippen molar-refractivity contribution in [2.45, 2.75) is 0 Å². The molecule has 2 aromatic carbocycles. The zero-order chi connectivity index (χ0) is 12.3. The molecule has 0 fully saturated rings. The van der Waals surface area contributed by atoms with Crippen LogP contribution in [0.2, 0.25) is 5.02 Å². The van der Waals surface area contributed by atoms with E-state index in [1.54, 1.807) is 4.90 Å². The third-order valence-electron chi connectivity index (χ3n) is 2.33. The van der Waals surface area contributed by atoms with E-state index in [0.717, 1.165) is 11.4 Å². The van der Waals surface area contributed by atoms with E-state index in [0.29, 0.717) is 5.02 Å². The van der Waals surface area contributed by atoms with Crippen LogP contribution in [0, 0.1) is 0 Å². The molecule has 0 spiro atoms. The molecular weight excluding hydrogens is 252 g/mol. The van der Waals surface area contributed by atoms with Crippen LogP contribution in [0.3, 0.4) is 0 Å². The van der Waals surface area contributed by atoms with Crippen molar-refractivity contribution >= 4 is 40.3 Å². The fraction of sp³-hybridized carbons (Fsp3) is 0. The smallest absolute Gasteiger partial charge is 0.175 e. The van der Waals surface area contributed by atoms with Gasteiger partial charge in [0.1, 0.15) is 0 Å². The summed E-state index contributed by atoms with van der Waals surface area (Å²) in [5, 5.41) is 0.883. The number of nitrogens with zero attached hydrogens (tertiary/aromatic N) is 1. The van der Waals surface area contributed by atoms with Gasteiger partial charge in [0.05, 0.1) is 10.7 Å². The predicted octanol–water partition coefficient (Wildman–Crippen LogP) is 3.72. The highest BCUT2D eigenvalue weighted by Crippen LogP contribution is 2.31. The number of para-hydroxylation sites is 2. The molecule has 2 aromatic rings. The Morgan fingerprint density at radius 2 is 1.59 bits per heavy atom. The number of nitrogens with two attached hydrogens (primary N) is 1. The molecule has 0 amide bonds. The molecule has 2 nitrogen and oxygen atoms in total. The molecule has 0 atom stereocenters. The molecule has 0 aliphatic heterocycles. The molecule has 0 saturated heterocycles. The first-order valence-corrected chi connectivity index (χ1v) is 5.88. The normalized spacial score (nSPS) is 9.94. The molecule has 0 heterocycles.